The Hall–Kier alpha value is -1.55. The molecule has 0 aromatic heterocycles. The molecule has 1 amide bonds. The number of halogens is 1. The van der Waals surface area contributed by atoms with E-state index in [1.165, 1.54) is 0 Å². The summed E-state index contributed by atoms with van der Waals surface area (Å²) in [4.78, 5) is 23.2. The lowest BCUT2D eigenvalue weighted by Crippen LogP contribution is -2.33. The number of ether oxygens (including phenoxy) is 1. The third-order valence-corrected chi connectivity index (χ3v) is 3.75. The summed E-state index contributed by atoms with van der Waals surface area (Å²) in [5.41, 5.74) is 0.913. The van der Waals surface area contributed by atoms with Crippen molar-refractivity contribution in [2.45, 2.75) is 32.2 Å². The van der Waals surface area contributed by atoms with Crippen molar-refractivity contribution in [3.05, 3.63) is 34.9 Å². The van der Waals surface area contributed by atoms with Gasteiger partial charge in [0.1, 0.15) is 0 Å². The Morgan fingerprint density at radius 1 is 1.45 bits per heavy atom. The van der Waals surface area contributed by atoms with E-state index in [0.717, 1.165) is 24.8 Å². The van der Waals surface area contributed by atoms with Gasteiger partial charge in [0, 0.05) is 5.02 Å². The Labute approximate surface area is 123 Å². The fourth-order valence-corrected chi connectivity index (χ4v) is 2.24. The average Bonchev–Trinajstić information content (AvgIpc) is 2.34. The monoisotopic (exact) mass is 295 g/mol. The molecule has 1 atom stereocenters. The predicted molar refractivity (Wildman–Crippen MR) is 76.3 cm³/mol. The van der Waals surface area contributed by atoms with Crippen LogP contribution in [0.25, 0.3) is 0 Å². The van der Waals surface area contributed by atoms with E-state index in [1.807, 2.05) is 19.1 Å². The van der Waals surface area contributed by atoms with Crippen molar-refractivity contribution in [1.82, 2.24) is 5.32 Å². The number of rotatable bonds is 5. The number of carbonyl (C=O) groups is 2. The first-order valence-electron chi connectivity index (χ1n) is 6.77. The zero-order valence-electron chi connectivity index (χ0n) is 11.4. The zero-order chi connectivity index (χ0) is 14.5. The van der Waals surface area contributed by atoms with Gasteiger partial charge in [-0.1, -0.05) is 30.2 Å². The van der Waals surface area contributed by atoms with Crippen LogP contribution in [0.2, 0.25) is 5.02 Å². The summed E-state index contributed by atoms with van der Waals surface area (Å²) in [5, 5.41) is 3.40. The largest absolute Gasteiger partial charge is 0.455 e. The number of nitrogens with one attached hydrogen (secondary N) is 1. The molecule has 20 heavy (non-hydrogen) atoms. The quantitative estimate of drug-likeness (QED) is 0.850. The van der Waals surface area contributed by atoms with E-state index in [0.29, 0.717) is 5.02 Å². The van der Waals surface area contributed by atoms with Gasteiger partial charge in [0.15, 0.2) is 6.61 Å². The first kappa shape index (κ1) is 14.9. The Morgan fingerprint density at radius 2 is 2.20 bits per heavy atom. The molecule has 4 nitrogen and oxygen atoms in total. The van der Waals surface area contributed by atoms with Gasteiger partial charge in [0.25, 0.3) is 5.91 Å². The Kier molecular flexibility index (Phi) is 5.01. The van der Waals surface area contributed by atoms with Crippen LogP contribution in [0.4, 0.5) is 0 Å². The van der Waals surface area contributed by atoms with Crippen LogP contribution >= 0.6 is 11.6 Å². The van der Waals surface area contributed by atoms with E-state index in [2.05, 4.69) is 5.32 Å². The topological polar surface area (TPSA) is 55.4 Å². The van der Waals surface area contributed by atoms with Crippen molar-refractivity contribution < 1.29 is 14.3 Å². The van der Waals surface area contributed by atoms with Crippen molar-refractivity contribution in [2.75, 3.05) is 6.61 Å². The van der Waals surface area contributed by atoms with Gasteiger partial charge in [-0.05, 0) is 37.5 Å². The van der Waals surface area contributed by atoms with Gasteiger partial charge in [-0.2, -0.15) is 0 Å². The lowest BCUT2D eigenvalue weighted by molar-refractivity contribution is -0.155. The van der Waals surface area contributed by atoms with Crippen molar-refractivity contribution >= 4 is 23.5 Å². The number of esters is 1. The SMILES string of the molecule is C[C@@H](NC(=O)COC(=O)C1CCC1)c1cccc(Cl)c1. The first-order chi connectivity index (χ1) is 9.56. The summed E-state index contributed by atoms with van der Waals surface area (Å²) in [5.74, 6) is -0.569. The minimum atomic E-state index is -0.301. The smallest absolute Gasteiger partial charge is 0.309 e. The summed E-state index contributed by atoms with van der Waals surface area (Å²) < 4.78 is 4.99. The summed E-state index contributed by atoms with van der Waals surface area (Å²) >= 11 is 5.90. The lowest BCUT2D eigenvalue weighted by atomic mass is 9.86. The summed E-state index contributed by atoms with van der Waals surface area (Å²) in [6.07, 6.45) is 2.82. The van der Waals surface area contributed by atoms with Gasteiger partial charge in [-0.25, -0.2) is 0 Å². The zero-order valence-corrected chi connectivity index (χ0v) is 12.2. The second-order valence-electron chi connectivity index (χ2n) is 5.08. The molecule has 5 heteroatoms. The van der Waals surface area contributed by atoms with Crippen molar-refractivity contribution in [3.63, 3.8) is 0 Å². The third-order valence-electron chi connectivity index (χ3n) is 3.51. The highest BCUT2D eigenvalue weighted by Crippen LogP contribution is 2.27. The van der Waals surface area contributed by atoms with Crippen LogP contribution < -0.4 is 5.32 Å². The molecule has 0 spiro atoms. The fourth-order valence-electron chi connectivity index (χ4n) is 2.04. The molecule has 0 heterocycles. The van der Waals surface area contributed by atoms with E-state index in [9.17, 15) is 9.59 Å². The van der Waals surface area contributed by atoms with Crippen molar-refractivity contribution in [1.29, 1.82) is 0 Å². The molecule has 0 radical (unpaired) electrons. The summed E-state index contributed by atoms with van der Waals surface area (Å²) in [7, 11) is 0. The van der Waals surface area contributed by atoms with E-state index in [4.69, 9.17) is 16.3 Å². The highest BCUT2D eigenvalue weighted by atomic mass is 35.5. The fraction of sp³-hybridized carbons (Fsp3) is 0.467. The maximum atomic E-state index is 11.7. The van der Waals surface area contributed by atoms with Crippen molar-refractivity contribution in [3.8, 4) is 0 Å². The highest BCUT2D eigenvalue weighted by Gasteiger charge is 2.27. The van der Waals surface area contributed by atoms with E-state index >= 15 is 0 Å². The molecule has 1 fully saturated rings. The maximum absolute atomic E-state index is 11.7. The molecule has 1 aromatic rings. The number of carbonyl (C=O) groups excluding carboxylic acids is 2. The molecule has 1 aliphatic carbocycles. The molecule has 1 N–H and O–H groups in total. The molecule has 1 aliphatic rings. The first-order valence-corrected chi connectivity index (χ1v) is 7.15. The predicted octanol–water partition coefficient (Wildman–Crippen LogP) is 2.86. The Balaban J connectivity index is 1.77. The molecule has 0 aliphatic heterocycles. The molecule has 2 rings (SSSR count). The van der Waals surface area contributed by atoms with Crippen LogP contribution in [-0.4, -0.2) is 18.5 Å². The molecule has 0 unspecified atom stereocenters. The Bertz CT molecular complexity index is 500. The van der Waals surface area contributed by atoms with Crippen LogP contribution in [0, 0.1) is 5.92 Å². The van der Waals surface area contributed by atoms with Gasteiger partial charge in [-0.3, -0.25) is 9.59 Å². The number of hydrogen-bond donors (Lipinski definition) is 1. The van der Waals surface area contributed by atoms with Crippen molar-refractivity contribution in [2.24, 2.45) is 5.92 Å². The average molecular weight is 296 g/mol. The second kappa shape index (κ2) is 6.75. The van der Waals surface area contributed by atoms with Gasteiger partial charge in [-0.15, -0.1) is 0 Å². The number of benzene rings is 1. The standard InChI is InChI=1S/C15H18ClNO3/c1-10(12-6-3-7-13(16)8-12)17-14(18)9-20-15(19)11-4-2-5-11/h3,6-8,10-11H,2,4-5,9H2,1H3,(H,17,18)/t10-/m1/s1. The van der Waals surface area contributed by atoms with Gasteiger partial charge in [0.2, 0.25) is 0 Å². The molecule has 108 valence electrons. The van der Waals surface area contributed by atoms with Crippen LogP contribution in [0.5, 0.6) is 0 Å². The summed E-state index contributed by atoms with van der Waals surface area (Å²) in [6, 6.07) is 7.12. The van der Waals surface area contributed by atoms with Crippen LogP contribution in [0.3, 0.4) is 0 Å². The van der Waals surface area contributed by atoms with E-state index in [1.54, 1.807) is 12.1 Å². The Morgan fingerprint density at radius 3 is 2.80 bits per heavy atom. The second-order valence-corrected chi connectivity index (χ2v) is 5.52. The number of amides is 1. The highest BCUT2D eigenvalue weighted by molar-refractivity contribution is 6.30. The minimum Gasteiger partial charge on any atom is -0.455 e. The molecule has 1 aromatic carbocycles. The minimum absolute atomic E-state index is 0.00634. The third kappa shape index (κ3) is 3.97. The number of hydrogen-bond acceptors (Lipinski definition) is 3. The molecule has 0 saturated heterocycles. The molecular weight excluding hydrogens is 278 g/mol. The van der Waals surface area contributed by atoms with Gasteiger partial charge < -0.3 is 10.1 Å². The van der Waals surface area contributed by atoms with Crippen LogP contribution in [-0.2, 0) is 14.3 Å². The molecule has 0 bridgehead atoms. The van der Waals surface area contributed by atoms with Gasteiger partial charge >= 0.3 is 5.97 Å². The normalized spacial score (nSPS) is 16.1. The molecular formula is C15H18ClNO3. The van der Waals surface area contributed by atoms with E-state index in [-0.39, 0.29) is 30.4 Å². The van der Waals surface area contributed by atoms with E-state index < -0.39 is 0 Å². The summed E-state index contributed by atoms with van der Waals surface area (Å²) in [6.45, 7) is 1.64. The van der Waals surface area contributed by atoms with Crippen LogP contribution in [0.15, 0.2) is 24.3 Å². The molecule has 1 saturated carbocycles. The van der Waals surface area contributed by atoms with Gasteiger partial charge in [0.05, 0.1) is 12.0 Å². The lowest BCUT2D eigenvalue weighted by Gasteiger charge is -2.23. The van der Waals surface area contributed by atoms with Crippen LogP contribution in [0.1, 0.15) is 37.8 Å². The maximum Gasteiger partial charge on any atom is 0.309 e.